The molecule has 2 rings (SSSR count). The van der Waals surface area contributed by atoms with Crippen LogP contribution in [0.2, 0.25) is 0 Å². The molecule has 1 aromatic carbocycles. The number of nitriles is 1. The molecule has 0 bridgehead atoms. The molecule has 0 radical (unpaired) electrons. The lowest BCUT2D eigenvalue weighted by Crippen LogP contribution is -2.12. The van der Waals surface area contributed by atoms with Crippen LogP contribution in [0.25, 0.3) is 11.0 Å². The normalized spacial score (nSPS) is 12.2. The van der Waals surface area contributed by atoms with Gasteiger partial charge in [-0.05, 0) is 31.5 Å². The van der Waals surface area contributed by atoms with Gasteiger partial charge in [0.1, 0.15) is 5.82 Å². The second-order valence-corrected chi connectivity index (χ2v) is 5.28. The fourth-order valence-corrected chi connectivity index (χ4v) is 2.33. The van der Waals surface area contributed by atoms with Crippen LogP contribution in [0.15, 0.2) is 18.2 Å². The zero-order valence-corrected chi connectivity index (χ0v) is 11.9. The highest BCUT2D eigenvalue weighted by Crippen LogP contribution is 2.25. The molecule has 0 aliphatic rings. The molecule has 1 unspecified atom stereocenters. The summed E-state index contributed by atoms with van der Waals surface area (Å²) in [6.45, 7) is 2.44. The molecule has 5 nitrogen and oxygen atoms in total. The summed E-state index contributed by atoms with van der Waals surface area (Å²) in [4.78, 5) is 15.3. The number of rotatable bonds is 5. The van der Waals surface area contributed by atoms with E-state index in [-0.39, 0.29) is 11.3 Å². The second kappa shape index (κ2) is 5.93. The van der Waals surface area contributed by atoms with Gasteiger partial charge in [-0.15, -0.1) is 11.6 Å². The van der Waals surface area contributed by atoms with E-state index in [2.05, 4.69) is 11.1 Å². The van der Waals surface area contributed by atoms with Crippen molar-refractivity contribution in [2.75, 3.05) is 0 Å². The van der Waals surface area contributed by atoms with Gasteiger partial charge in [0.15, 0.2) is 0 Å². The van der Waals surface area contributed by atoms with Crippen LogP contribution in [0.4, 0.5) is 0 Å². The van der Waals surface area contributed by atoms with Gasteiger partial charge in [0.2, 0.25) is 5.91 Å². The molecular weight excluding hydrogens is 276 g/mol. The van der Waals surface area contributed by atoms with Crippen LogP contribution in [0.5, 0.6) is 0 Å². The Labute approximate surface area is 122 Å². The maximum Gasteiger partial charge on any atom is 0.217 e. The fourth-order valence-electron chi connectivity index (χ4n) is 2.16. The van der Waals surface area contributed by atoms with Gasteiger partial charge in [-0.3, -0.25) is 4.79 Å². The van der Waals surface area contributed by atoms with Crippen molar-refractivity contribution in [2.45, 2.75) is 31.7 Å². The van der Waals surface area contributed by atoms with Gasteiger partial charge < -0.3 is 10.3 Å². The fraction of sp³-hybridized carbons (Fsp3) is 0.357. The molecule has 1 amide bonds. The van der Waals surface area contributed by atoms with Crippen LogP contribution in [-0.4, -0.2) is 15.5 Å². The molecule has 6 heteroatoms. The lowest BCUT2D eigenvalue weighted by molar-refractivity contribution is -0.118. The number of nitrogens with zero attached hydrogens (tertiary/aromatic N) is 3. The van der Waals surface area contributed by atoms with Gasteiger partial charge in [-0.1, -0.05) is 0 Å². The van der Waals surface area contributed by atoms with Crippen LogP contribution in [0.1, 0.15) is 36.5 Å². The van der Waals surface area contributed by atoms with Crippen LogP contribution in [0, 0.1) is 11.3 Å². The first kappa shape index (κ1) is 14.4. The van der Waals surface area contributed by atoms with Crippen LogP contribution >= 0.6 is 11.6 Å². The summed E-state index contributed by atoms with van der Waals surface area (Å²) in [5, 5.41) is 8.74. The van der Waals surface area contributed by atoms with E-state index in [0.29, 0.717) is 24.9 Å². The molecule has 104 valence electrons. The standard InChI is InChI=1S/C14H15ClN4O/c1-9(15)14-18-11-5-4-10(8-16)7-12(11)19(14)6-2-3-13(17)20/h4-5,7,9H,2-3,6H2,1H3,(H2,17,20). The van der Waals surface area contributed by atoms with Gasteiger partial charge in [-0.25, -0.2) is 4.98 Å². The van der Waals surface area contributed by atoms with E-state index in [9.17, 15) is 4.79 Å². The Kier molecular flexibility index (Phi) is 4.26. The molecule has 0 saturated heterocycles. The largest absolute Gasteiger partial charge is 0.370 e. The molecule has 1 aromatic heterocycles. The van der Waals surface area contributed by atoms with E-state index >= 15 is 0 Å². The first-order chi connectivity index (χ1) is 9.52. The molecule has 1 atom stereocenters. The van der Waals surface area contributed by atoms with E-state index < -0.39 is 0 Å². The van der Waals surface area contributed by atoms with Gasteiger partial charge in [0, 0.05) is 13.0 Å². The first-order valence-corrected chi connectivity index (χ1v) is 6.79. The summed E-state index contributed by atoms with van der Waals surface area (Å²) in [6, 6.07) is 7.43. The van der Waals surface area contributed by atoms with E-state index in [0.717, 1.165) is 16.9 Å². The van der Waals surface area contributed by atoms with Crippen molar-refractivity contribution in [3.8, 4) is 6.07 Å². The Morgan fingerprint density at radius 3 is 2.95 bits per heavy atom. The summed E-state index contributed by atoms with van der Waals surface area (Å²) >= 11 is 6.15. The third kappa shape index (κ3) is 2.91. The number of aromatic nitrogens is 2. The van der Waals surface area contributed by atoms with Crippen molar-refractivity contribution in [2.24, 2.45) is 5.73 Å². The average Bonchev–Trinajstić information content (AvgIpc) is 2.76. The molecule has 2 aromatic rings. The molecule has 2 N–H and O–H groups in total. The van der Waals surface area contributed by atoms with Crippen molar-refractivity contribution in [1.82, 2.24) is 9.55 Å². The average molecular weight is 291 g/mol. The monoisotopic (exact) mass is 290 g/mol. The maximum atomic E-state index is 10.8. The Morgan fingerprint density at radius 1 is 1.60 bits per heavy atom. The summed E-state index contributed by atoms with van der Waals surface area (Å²) in [6.07, 6.45) is 0.932. The number of amides is 1. The van der Waals surface area contributed by atoms with E-state index in [4.69, 9.17) is 22.6 Å². The minimum absolute atomic E-state index is 0.249. The molecule has 0 saturated carbocycles. The summed E-state index contributed by atoms with van der Waals surface area (Å²) < 4.78 is 1.96. The Balaban J connectivity index is 2.44. The lowest BCUT2D eigenvalue weighted by Gasteiger charge is -2.09. The summed E-state index contributed by atoms with van der Waals surface area (Å²) in [5.74, 6) is 0.411. The summed E-state index contributed by atoms with van der Waals surface area (Å²) in [5.41, 5.74) is 7.38. The van der Waals surface area contributed by atoms with Crippen LogP contribution < -0.4 is 5.73 Å². The SMILES string of the molecule is CC(Cl)c1nc2ccc(C#N)cc2n1CCCC(N)=O. The Morgan fingerprint density at radius 2 is 2.35 bits per heavy atom. The van der Waals surface area contributed by atoms with Crippen molar-refractivity contribution in [3.05, 3.63) is 29.6 Å². The highest BCUT2D eigenvalue weighted by Gasteiger charge is 2.15. The minimum Gasteiger partial charge on any atom is -0.370 e. The summed E-state index contributed by atoms with van der Waals surface area (Å²) in [7, 11) is 0. The number of hydrogen-bond acceptors (Lipinski definition) is 3. The number of benzene rings is 1. The zero-order valence-electron chi connectivity index (χ0n) is 11.1. The topological polar surface area (TPSA) is 84.7 Å². The molecule has 1 heterocycles. The van der Waals surface area contributed by atoms with Crippen molar-refractivity contribution < 1.29 is 4.79 Å². The number of fused-ring (bicyclic) bond motifs is 1. The van der Waals surface area contributed by atoms with E-state index in [1.165, 1.54) is 0 Å². The van der Waals surface area contributed by atoms with Crippen LogP contribution in [0.3, 0.4) is 0 Å². The van der Waals surface area contributed by atoms with Crippen molar-refractivity contribution >= 4 is 28.5 Å². The number of aryl methyl sites for hydroxylation is 1. The van der Waals surface area contributed by atoms with Crippen molar-refractivity contribution in [1.29, 1.82) is 5.26 Å². The third-order valence-corrected chi connectivity index (χ3v) is 3.26. The Hall–Kier alpha value is -2.06. The lowest BCUT2D eigenvalue weighted by atomic mass is 10.2. The quantitative estimate of drug-likeness (QED) is 0.858. The molecule has 0 spiro atoms. The number of imidazole rings is 1. The number of carbonyl (C=O) groups is 1. The second-order valence-electron chi connectivity index (χ2n) is 4.62. The third-order valence-electron chi connectivity index (χ3n) is 3.07. The zero-order chi connectivity index (χ0) is 14.7. The van der Waals surface area contributed by atoms with E-state index in [1.807, 2.05) is 11.5 Å². The number of alkyl halides is 1. The van der Waals surface area contributed by atoms with Gasteiger partial charge >= 0.3 is 0 Å². The van der Waals surface area contributed by atoms with Crippen molar-refractivity contribution in [3.63, 3.8) is 0 Å². The van der Waals surface area contributed by atoms with Gasteiger partial charge in [0.05, 0.1) is 28.0 Å². The first-order valence-electron chi connectivity index (χ1n) is 6.35. The number of primary amides is 1. The molecular formula is C14H15ClN4O. The molecule has 20 heavy (non-hydrogen) atoms. The maximum absolute atomic E-state index is 10.8. The highest BCUT2D eigenvalue weighted by molar-refractivity contribution is 6.20. The molecule has 0 aliphatic carbocycles. The van der Waals surface area contributed by atoms with E-state index in [1.54, 1.807) is 18.2 Å². The number of hydrogen-bond donors (Lipinski definition) is 1. The highest BCUT2D eigenvalue weighted by atomic mass is 35.5. The van der Waals surface area contributed by atoms with Gasteiger partial charge in [-0.2, -0.15) is 5.26 Å². The molecule has 0 aliphatic heterocycles. The number of halogens is 1. The van der Waals surface area contributed by atoms with Crippen LogP contribution in [-0.2, 0) is 11.3 Å². The van der Waals surface area contributed by atoms with Gasteiger partial charge in [0.25, 0.3) is 0 Å². The predicted molar refractivity (Wildman–Crippen MR) is 77.1 cm³/mol. The predicted octanol–water partition coefficient (Wildman–Crippen LogP) is 2.47. The minimum atomic E-state index is -0.326. The smallest absolute Gasteiger partial charge is 0.217 e. The number of carbonyl (C=O) groups excluding carboxylic acids is 1. The number of nitrogens with two attached hydrogens (primary N) is 1. The molecule has 0 fully saturated rings. The Bertz CT molecular complexity index is 684.